The molecule has 1 aromatic heterocycles. The molecule has 1 aromatic rings. The molecule has 0 saturated heterocycles. The first-order chi connectivity index (χ1) is 5.77. The number of halogens is 2. The van der Waals surface area contributed by atoms with E-state index in [-0.39, 0.29) is 36.3 Å². The first kappa shape index (κ1) is 13.2. The number of nitrogens with one attached hydrogen (secondary N) is 2. The molecule has 0 bridgehead atoms. The van der Waals surface area contributed by atoms with Gasteiger partial charge in [0.1, 0.15) is 0 Å². The summed E-state index contributed by atoms with van der Waals surface area (Å²) in [4.78, 5) is 17.8. The molecule has 14 heavy (non-hydrogen) atoms. The lowest BCUT2D eigenvalue weighted by Gasteiger charge is -2.14. The Labute approximate surface area is 93.3 Å². The van der Waals surface area contributed by atoms with Crippen LogP contribution in [0.4, 0.5) is 5.95 Å². The second-order valence-corrected chi connectivity index (χ2v) is 2.80. The lowest BCUT2D eigenvalue weighted by molar-refractivity contribution is 0.622. The smallest absolute Gasteiger partial charge is 0.257 e. The Morgan fingerprint density at radius 3 is 2.79 bits per heavy atom. The van der Waals surface area contributed by atoms with Crippen LogP contribution in [0.5, 0.6) is 0 Å². The molecule has 80 valence electrons. The fraction of sp³-hybridized carbons (Fsp3) is 0.429. The van der Waals surface area contributed by atoms with E-state index >= 15 is 0 Å². The Hall–Kier alpha value is -0.780. The van der Waals surface area contributed by atoms with Gasteiger partial charge in [-0.05, 0) is 0 Å². The number of aromatic amines is 1. The van der Waals surface area contributed by atoms with Gasteiger partial charge in [-0.2, -0.15) is 0 Å². The van der Waals surface area contributed by atoms with Crippen molar-refractivity contribution < 1.29 is 0 Å². The average molecular weight is 239 g/mol. The summed E-state index contributed by atoms with van der Waals surface area (Å²) in [5, 5.41) is 3.10. The Balaban J connectivity index is 0.000000845. The number of hydrogen-bond acceptors (Lipinski definition) is 4. The number of rotatable bonds is 0. The fourth-order valence-electron chi connectivity index (χ4n) is 1.37. The minimum absolute atomic E-state index is 0. The highest BCUT2D eigenvalue weighted by Gasteiger charge is 2.13. The summed E-state index contributed by atoms with van der Waals surface area (Å²) in [7, 11) is 0. The minimum Gasteiger partial charge on any atom is -0.369 e. The quantitative estimate of drug-likeness (QED) is 0.587. The molecule has 0 aromatic carbocycles. The van der Waals surface area contributed by atoms with E-state index in [1.165, 1.54) is 0 Å². The summed E-state index contributed by atoms with van der Waals surface area (Å²) < 4.78 is 0. The Morgan fingerprint density at radius 1 is 1.36 bits per heavy atom. The molecule has 0 amide bonds. The van der Waals surface area contributed by atoms with Crippen molar-refractivity contribution in [3.8, 4) is 0 Å². The van der Waals surface area contributed by atoms with Crippen molar-refractivity contribution in [3.63, 3.8) is 0 Å². The number of fused-ring (bicyclic) bond motifs is 1. The van der Waals surface area contributed by atoms with Gasteiger partial charge in [-0.1, -0.05) is 0 Å². The van der Waals surface area contributed by atoms with E-state index in [0.717, 1.165) is 24.2 Å². The standard InChI is InChI=1S/C7H10N4O.2ClH/c8-7-10-5-1-2-9-3-4(5)6(12)11-7;;/h9H,1-3H2,(H3,8,10,11,12);2*1H. The van der Waals surface area contributed by atoms with E-state index in [9.17, 15) is 4.79 Å². The van der Waals surface area contributed by atoms with Gasteiger partial charge < -0.3 is 11.1 Å². The normalized spacial score (nSPS) is 13.4. The number of nitrogens with zero attached hydrogens (tertiary/aromatic N) is 1. The van der Waals surface area contributed by atoms with Gasteiger partial charge in [0.15, 0.2) is 0 Å². The van der Waals surface area contributed by atoms with Crippen molar-refractivity contribution in [1.29, 1.82) is 0 Å². The van der Waals surface area contributed by atoms with E-state index in [2.05, 4.69) is 15.3 Å². The van der Waals surface area contributed by atoms with Gasteiger partial charge in [-0.3, -0.25) is 9.78 Å². The number of hydrogen-bond donors (Lipinski definition) is 3. The topological polar surface area (TPSA) is 83.8 Å². The van der Waals surface area contributed by atoms with Crippen LogP contribution in [0.2, 0.25) is 0 Å². The molecular weight excluding hydrogens is 227 g/mol. The summed E-state index contributed by atoms with van der Waals surface area (Å²) in [5.41, 5.74) is 6.82. The first-order valence-corrected chi connectivity index (χ1v) is 3.85. The molecule has 0 fully saturated rings. The van der Waals surface area contributed by atoms with E-state index in [1.54, 1.807) is 0 Å². The van der Waals surface area contributed by atoms with Crippen molar-refractivity contribution >= 4 is 30.8 Å². The second kappa shape index (κ2) is 5.19. The van der Waals surface area contributed by atoms with Gasteiger partial charge in [-0.25, -0.2) is 4.98 Å². The van der Waals surface area contributed by atoms with Gasteiger partial charge >= 0.3 is 0 Å². The van der Waals surface area contributed by atoms with Crippen LogP contribution >= 0.6 is 24.8 Å². The number of H-pyrrole nitrogens is 1. The maximum Gasteiger partial charge on any atom is 0.257 e. The van der Waals surface area contributed by atoms with Gasteiger partial charge in [0.2, 0.25) is 5.95 Å². The number of nitrogens with two attached hydrogens (primary N) is 1. The molecule has 7 heteroatoms. The highest BCUT2D eigenvalue weighted by atomic mass is 35.5. The third-order valence-electron chi connectivity index (χ3n) is 1.96. The molecule has 0 atom stereocenters. The van der Waals surface area contributed by atoms with Crippen LogP contribution in [0.15, 0.2) is 4.79 Å². The molecule has 2 heterocycles. The molecule has 0 saturated carbocycles. The fourth-order valence-corrected chi connectivity index (χ4v) is 1.37. The molecule has 5 nitrogen and oxygen atoms in total. The second-order valence-electron chi connectivity index (χ2n) is 2.80. The van der Waals surface area contributed by atoms with Gasteiger partial charge in [0, 0.05) is 19.5 Å². The first-order valence-electron chi connectivity index (χ1n) is 3.85. The summed E-state index contributed by atoms with van der Waals surface area (Å²) in [6.45, 7) is 1.46. The predicted octanol–water partition coefficient (Wildman–Crippen LogP) is -0.159. The van der Waals surface area contributed by atoms with Crippen molar-refractivity contribution in [2.75, 3.05) is 12.3 Å². The maximum absolute atomic E-state index is 11.3. The van der Waals surface area contributed by atoms with E-state index in [4.69, 9.17) is 5.73 Å². The zero-order chi connectivity index (χ0) is 8.55. The predicted molar refractivity (Wildman–Crippen MR) is 59.2 cm³/mol. The zero-order valence-electron chi connectivity index (χ0n) is 7.37. The van der Waals surface area contributed by atoms with Crippen LogP contribution in [0, 0.1) is 0 Å². The highest BCUT2D eigenvalue weighted by molar-refractivity contribution is 5.85. The Morgan fingerprint density at radius 2 is 2.07 bits per heavy atom. The number of aromatic nitrogens is 2. The van der Waals surface area contributed by atoms with E-state index in [0.29, 0.717) is 6.54 Å². The molecule has 2 rings (SSSR count). The van der Waals surface area contributed by atoms with Gasteiger partial charge in [-0.15, -0.1) is 24.8 Å². The van der Waals surface area contributed by atoms with Crippen LogP contribution in [-0.2, 0) is 13.0 Å². The maximum atomic E-state index is 11.3. The van der Waals surface area contributed by atoms with E-state index < -0.39 is 0 Å². The molecule has 0 spiro atoms. The lowest BCUT2D eigenvalue weighted by Crippen LogP contribution is -2.31. The molecule has 0 unspecified atom stereocenters. The number of nitrogen functional groups attached to an aromatic ring is 1. The van der Waals surface area contributed by atoms with Crippen LogP contribution in [0.3, 0.4) is 0 Å². The van der Waals surface area contributed by atoms with Crippen molar-refractivity contribution in [2.24, 2.45) is 0 Å². The molecule has 1 aliphatic rings. The molecule has 0 aliphatic carbocycles. The monoisotopic (exact) mass is 238 g/mol. The third-order valence-corrected chi connectivity index (χ3v) is 1.96. The minimum atomic E-state index is -0.121. The third kappa shape index (κ3) is 2.37. The summed E-state index contributed by atoms with van der Waals surface area (Å²) >= 11 is 0. The van der Waals surface area contributed by atoms with Crippen molar-refractivity contribution in [3.05, 3.63) is 21.6 Å². The summed E-state index contributed by atoms with van der Waals surface area (Å²) in [6, 6.07) is 0. The van der Waals surface area contributed by atoms with Crippen LogP contribution in [-0.4, -0.2) is 16.5 Å². The number of anilines is 1. The SMILES string of the molecule is Cl.Cl.Nc1nc2c(c(=O)[nH]1)CNCC2. The lowest BCUT2D eigenvalue weighted by atomic mass is 10.1. The van der Waals surface area contributed by atoms with Crippen molar-refractivity contribution in [2.45, 2.75) is 13.0 Å². The largest absolute Gasteiger partial charge is 0.369 e. The molecular formula is C7H12Cl2N4O. The molecule has 4 N–H and O–H groups in total. The molecule has 1 aliphatic heterocycles. The summed E-state index contributed by atoms with van der Waals surface area (Å²) in [6.07, 6.45) is 0.781. The van der Waals surface area contributed by atoms with Crippen LogP contribution in [0.25, 0.3) is 0 Å². The zero-order valence-corrected chi connectivity index (χ0v) is 9.00. The van der Waals surface area contributed by atoms with Crippen LogP contribution in [0.1, 0.15) is 11.3 Å². The average Bonchev–Trinajstić information content (AvgIpc) is 2.04. The Kier molecular flexibility index (Phi) is 4.90. The van der Waals surface area contributed by atoms with Gasteiger partial charge in [0.25, 0.3) is 5.56 Å². The molecule has 0 radical (unpaired) electrons. The van der Waals surface area contributed by atoms with Gasteiger partial charge in [0.05, 0.1) is 11.3 Å². The highest BCUT2D eigenvalue weighted by Crippen LogP contribution is 2.06. The van der Waals surface area contributed by atoms with Crippen LogP contribution < -0.4 is 16.6 Å². The Bertz CT molecular complexity index is 365. The van der Waals surface area contributed by atoms with E-state index in [1.807, 2.05) is 0 Å². The summed E-state index contributed by atoms with van der Waals surface area (Å²) in [5.74, 6) is 0.209. The van der Waals surface area contributed by atoms with Crippen molar-refractivity contribution in [1.82, 2.24) is 15.3 Å².